The predicted octanol–water partition coefficient (Wildman–Crippen LogP) is 2.20. The molecule has 5 amide bonds. The Morgan fingerprint density at radius 2 is 1.79 bits per heavy atom. The minimum absolute atomic E-state index is 0.156. The lowest BCUT2D eigenvalue weighted by molar-refractivity contribution is -0.136. The van der Waals surface area contributed by atoms with Gasteiger partial charge in [0.2, 0.25) is 11.8 Å². The molecule has 2 aliphatic heterocycles. The highest BCUT2D eigenvalue weighted by molar-refractivity contribution is 6.05. The largest absolute Gasteiger partial charge is 0.478 e. The Labute approximate surface area is 195 Å². The second-order valence-corrected chi connectivity index (χ2v) is 8.86. The molecule has 0 radical (unpaired) electrons. The van der Waals surface area contributed by atoms with E-state index in [2.05, 4.69) is 16.0 Å². The van der Waals surface area contributed by atoms with Crippen molar-refractivity contribution in [1.82, 2.24) is 15.5 Å². The second-order valence-electron chi connectivity index (χ2n) is 8.86. The average Bonchev–Trinajstić information content (AvgIpc) is 3.09. The molecule has 176 valence electrons. The Hall–Kier alpha value is -4.21. The number of aromatic carboxylic acids is 1. The molecule has 0 aromatic heterocycles. The molecular formula is C24H24N4O6. The molecule has 2 heterocycles. The number of piperidine rings is 1. The maximum absolute atomic E-state index is 12.8. The molecule has 10 nitrogen and oxygen atoms in total. The smallest absolute Gasteiger partial charge is 0.335 e. The molecule has 2 aromatic carbocycles. The lowest BCUT2D eigenvalue weighted by Gasteiger charge is -2.29. The van der Waals surface area contributed by atoms with Gasteiger partial charge in [0.1, 0.15) is 6.04 Å². The minimum Gasteiger partial charge on any atom is -0.478 e. The molecule has 1 fully saturated rings. The number of nitrogens with one attached hydrogen (secondary N) is 3. The number of carbonyl (C=O) groups is 5. The van der Waals surface area contributed by atoms with Crippen LogP contribution >= 0.6 is 0 Å². The fourth-order valence-electron chi connectivity index (χ4n) is 4.20. The Balaban J connectivity index is 1.42. The number of rotatable bonds is 5. The third kappa shape index (κ3) is 4.47. The Kier molecular flexibility index (Phi) is 5.82. The normalized spacial score (nSPS) is 17.8. The van der Waals surface area contributed by atoms with Gasteiger partial charge in [-0.25, -0.2) is 9.59 Å². The molecule has 2 aromatic rings. The highest BCUT2D eigenvalue weighted by Crippen LogP contribution is 2.29. The maximum atomic E-state index is 12.8. The number of imide groups is 1. The number of urea groups is 1. The van der Waals surface area contributed by atoms with E-state index in [1.165, 1.54) is 17.0 Å². The summed E-state index contributed by atoms with van der Waals surface area (Å²) in [6.07, 6.45) is 0.457. The van der Waals surface area contributed by atoms with Crippen molar-refractivity contribution in [1.29, 1.82) is 0 Å². The Bertz CT molecular complexity index is 1200. The Morgan fingerprint density at radius 1 is 1.09 bits per heavy atom. The van der Waals surface area contributed by atoms with Gasteiger partial charge in [-0.05, 0) is 61.7 Å². The van der Waals surface area contributed by atoms with Crippen LogP contribution in [0.3, 0.4) is 0 Å². The van der Waals surface area contributed by atoms with E-state index in [-0.39, 0.29) is 36.8 Å². The molecule has 2 aliphatic rings. The molecule has 0 spiro atoms. The molecule has 0 saturated carbocycles. The van der Waals surface area contributed by atoms with Crippen LogP contribution in [0.1, 0.15) is 58.5 Å². The monoisotopic (exact) mass is 464 g/mol. The number of hydrogen-bond acceptors (Lipinski definition) is 5. The van der Waals surface area contributed by atoms with Crippen LogP contribution in [-0.2, 0) is 21.7 Å². The molecule has 4 rings (SSSR count). The van der Waals surface area contributed by atoms with E-state index < -0.39 is 29.5 Å². The summed E-state index contributed by atoms with van der Waals surface area (Å²) < 4.78 is 0. The first-order valence-electron chi connectivity index (χ1n) is 10.8. The molecule has 0 aliphatic carbocycles. The van der Waals surface area contributed by atoms with Gasteiger partial charge in [-0.1, -0.05) is 12.1 Å². The fraction of sp³-hybridized carbons (Fsp3) is 0.292. The van der Waals surface area contributed by atoms with Crippen molar-refractivity contribution < 1.29 is 29.1 Å². The lowest BCUT2D eigenvalue weighted by atomic mass is 9.93. The number of anilines is 1. The quantitative estimate of drug-likeness (QED) is 0.499. The van der Waals surface area contributed by atoms with Crippen molar-refractivity contribution in [3.63, 3.8) is 0 Å². The molecule has 1 saturated heterocycles. The van der Waals surface area contributed by atoms with E-state index in [0.717, 1.165) is 5.56 Å². The van der Waals surface area contributed by atoms with Crippen molar-refractivity contribution in [2.75, 3.05) is 5.32 Å². The van der Waals surface area contributed by atoms with E-state index >= 15 is 0 Å². The van der Waals surface area contributed by atoms with Gasteiger partial charge in [-0.2, -0.15) is 0 Å². The van der Waals surface area contributed by atoms with E-state index in [1.807, 2.05) is 0 Å². The number of hydrogen-bond donors (Lipinski definition) is 4. The molecular weight excluding hydrogens is 440 g/mol. The summed E-state index contributed by atoms with van der Waals surface area (Å²) >= 11 is 0. The highest BCUT2D eigenvalue weighted by atomic mass is 16.4. The van der Waals surface area contributed by atoms with Crippen LogP contribution in [0.4, 0.5) is 10.5 Å². The van der Waals surface area contributed by atoms with Gasteiger partial charge in [0.25, 0.3) is 5.91 Å². The van der Waals surface area contributed by atoms with E-state index in [1.54, 1.807) is 44.2 Å². The van der Waals surface area contributed by atoms with Crippen LogP contribution in [0.15, 0.2) is 42.5 Å². The third-order valence-electron chi connectivity index (χ3n) is 6.06. The highest BCUT2D eigenvalue weighted by Gasteiger charge is 2.39. The van der Waals surface area contributed by atoms with Gasteiger partial charge in [-0.3, -0.25) is 19.7 Å². The summed E-state index contributed by atoms with van der Waals surface area (Å²) in [5.41, 5.74) is 1.71. The lowest BCUT2D eigenvalue weighted by Crippen LogP contribution is -2.52. The summed E-state index contributed by atoms with van der Waals surface area (Å²) in [6, 6.07) is 9.98. The molecule has 10 heteroatoms. The third-order valence-corrected chi connectivity index (χ3v) is 6.06. The molecule has 0 bridgehead atoms. The number of nitrogens with zero attached hydrogens (tertiary/aromatic N) is 1. The number of benzene rings is 2. The Morgan fingerprint density at radius 3 is 2.44 bits per heavy atom. The standard InChI is InChI=1S/C24H24N4O6/c1-24(2,15-5-3-13(4-6-15)22(32)33)27-23(34)25-16-7-8-17-14(11-16)12-28(21(17)31)18-9-10-19(29)26-20(18)30/h3-8,11,18H,9-10,12H2,1-2H3,(H,32,33)(H2,25,27,34)(H,26,29,30). The summed E-state index contributed by atoms with van der Waals surface area (Å²) in [4.78, 5) is 61.5. The predicted molar refractivity (Wildman–Crippen MR) is 121 cm³/mol. The summed E-state index contributed by atoms with van der Waals surface area (Å²) in [6.45, 7) is 3.79. The van der Waals surface area contributed by atoms with Crippen LogP contribution in [-0.4, -0.2) is 45.8 Å². The van der Waals surface area contributed by atoms with Crippen LogP contribution < -0.4 is 16.0 Å². The zero-order chi connectivity index (χ0) is 24.6. The number of carboxylic acids is 1. The number of carbonyl (C=O) groups excluding carboxylic acids is 4. The number of fused-ring (bicyclic) bond motifs is 1. The first-order chi connectivity index (χ1) is 16.0. The van der Waals surface area contributed by atoms with Crippen molar-refractivity contribution >= 4 is 35.4 Å². The summed E-state index contributed by atoms with van der Waals surface area (Å²) in [5, 5.41) is 16.9. The van der Waals surface area contributed by atoms with Gasteiger partial charge >= 0.3 is 12.0 Å². The summed E-state index contributed by atoms with van der Waals surface area (Å²) in [5.74, 6) is -2.13. The molecule has 4 N–H and O–H groups in total. The van der Waals surface area contributed by atoms with Crippen molar-refractivity contribution in [3.05, 3.63) is 64.7 Å². The van der Waals surface area contributed by atoms with Crippen LogP contribution in [0.2, 0.25) is 0 Å². The molecule has 34 heavy (non-hydrogen) atoms. The van der Waals surface area contributed by atoms with Gasteiger partial charge in [0.05, 0.1) is 11.1 Å². The van der Waals surface area contributed by atoms with Crippen LogP contribution in [0, 0.1) is 0 Å². The van der Waals surface area contributed by atoms with Gasteiger partial charge < -0.3 is 20.6 Å². The average molecular weight is 464 g/mol. The zero-order valence-corrected chi connectivity index (χ0v) is 18.7. The number of amides is 5. The SMILES string of the molecule is CC(C)(NC(=O)Nc1ccc2c(c1)CN(C1CCC(=O)NC1=O)C2=O)c1ccc(C(=O)O)cc1. The van der Waals surface area contributed by atoms with Crippen LogP contribution in [0.5, 0.6) is 0 Å². The van der Waals surface area contributed by atoms with Gasteiger partial charge in [-0.15, -0.1) is 0 Å². The van der Waals surface area contributed by atoms with Crippen LogP contribution in [0.25, 0.3) is 0 Å². The fourth-order valence-corrected chi connectivity index (χ4v) is 4.20. The number of carboxylic acid groups (broad SMARTS) is 1. The first-order valence-corrected chi connectivity index (χ1v) is 10.8. The van der Waals surface area contributed by atoms with E-state index in [4.69, 9.17) is 5.11 Å². The maximum Gasteiger partial charge on any atom is 0.335 e. The van der Waals surface area contributed by atoms with Gasteiger partial charge in [0, 0.05) is 24.2 Å². The van der Waals surface area contributed by atoms with Crippen molar-refractivity contribution in [3.8, 4) is 0 Å². The molecule has 1 unspecified atom stereocenters. The topological polar surface area (TPSA) is 145 Å². The van der Waals surface area contributed by atoms with Crippen molar-refractivity contribution in [2.45, 2.75) is 44.8 Å². The minimum atomic E-state index is -1.03. The van der Waals surface area contributed by atoms with Crippen molar-refractivity contribution in [2.24, 2.45) is 0 Å². The van der Waals surface area contributed by atoms with E-state index in [0.29, 0.717) is 16.8 Å². The molecule has 1 atom stereocenters. The van der Waals surface area contributed by atoms with E-state index in [9.17, 15) is 24.0 Å². The zero-order valence-electron chi connectivity index (χ0n) is 18.7. The van der Waals surface area contributed by atoms with Gasteiger partial charge in [0.15, 0.2) is 0 Å². The first kappa shape index (κ1) is 23.0. The summed E-state index contributed by atoms with van der Waals surface area (Å²) in [7, 11) is 0. The second kappa shape index (κ2) is 8.62.